The van der Waals surface area contributed by atoms with Crippen LogP contribution in [0.25, 0.3) is 5.69 Å². The summed E-state index contributed by atoms with van der Waals surface area (Å²) in [6, 6.07) is 12.9. The summed E-state index contributed by atoms with van der Waals surface area (Å²) in [6.07, 6.45) is 1.23. The predicted molar refractivity (Wildman–Crippen MR) is 110 cm³/mol. The second kappa shape index (κ2) is 7.57. The van der Waals surface area contributed by atoms with Crippen molar-refractivity contribution >= 4 is 5.95 Å². The van der Waals surface area contributed by atoms with E-state index in [-0.39, 0.29) is 0 Å². The van der Waals surface area contributed by atoms with Crippen LogP contribution < -0.4 is 4.90 Å². The average molecular weight is 393 g/mol. The molecule has 0 saturated carbocycles. The maximum Gasteiger partial charge on any atom is 0.250 e. The molecule has 0 aliphatic carbocycles. The normalized spacial score (nSPS) is 19.8. The molecule has 0 spiro atoms. The fourth-order valence-electron chi connectivity index (χ4n) is 4.30. The lowest BCUT2D eigenvalue weighted by molar-refractivity contribution is 0.262. The quantitative estimate of drug-likeness (QED) is 0.641. The van der Waals surface area contributed by atoms with Crippen LogP contribution in [0.1, 0.15) is 17.8 Å². The van der Waals surface area contributed by atoms with Crippen molar-refractivity contribution in [3.8, 4) is 5.69 Å². The molecule has 1 atom stereocenters. The Bertz CT molecular complexity index is 962. The molecule has 9 heteroatoms. The Labute approximate surface area is 170 Å². The molecule has 4 heterocycles. The van der Waals surface area contributed by atoms with Crippen molar-refractivity contribution in [2.45, 2.75) is 32.1 Å². The Morgan fingerprint density at radius 1 is 1.10 bits per heavy atom. The highest BCUT2D eigenvalue weighted by molar-refractivity contribution is 5.41. The molecule has 0 radical (unpaired) electrons. The summed E-state index contributed by atoms with van der Waals surface area (Å²) in [6.45, 7) is 5.63. The first-order valence-electron chi connectivity index (χ1n) is 10.2. The molecule has 1 fully saturated rings. The van der Waals surface area contributed by atoms with Gasteiger partial charge in [0.2, 0.25) is 0 Å². The summed E-state index contributed by atoms with van der Waals surface area (Å²) in [7, 11) is 4.34. The molecule has 152 valence electrons. The van der Waals surface area contributed by atoms with E-state index in [1.54, 1.807) is 4.68 Å². The Morgan fingerprint density at radius 3 is 2.76 bits per heavy atom. The maximum absolute atomic E-state index is 4.86. The molecule has 2 aliphatic heterocycles. The van der Waals surface area contributed by atoms with Crippen LogP contribution >= 0.6 is 0 Å². The standard InChI is InChI=1S/C20H27N9/c1-25(2)18-8-9-26(14-18)13-16-12-19-15-27(10-11-28(19)22-16)20-21-23-24-29(20)17-6-4-3-5-7-17/h3-7,12,18H,8-11,13-15H2,1-2H3/t18-/m0/s1. The van der Waals surface area contributed by atoms with Crippen LogP contribution in [-0.2, 0) is 19.6 Å². The molecule has 2 aromatic heterocycles. The first-order chi connectivity index (χ1) is 14.2. The number of hydrogen-bond acceptors (Lipinski definition) is 7. The van der Waals surface area contributed by atoms with E-state index in [2.05, 4.69) is 55.1 Å². The lowest BCUT2D eigenvalue weighted by Gasteiger charge is -2.27. The zero-order valence-corrected chi connectivity index (χ0v) is 17.0. The van der Waals surface area contributed by atoms with Gasteiger partial charge in [-0.3, -0.25) is 9.58 Å². The van der Waals surface area contributed by atoms with Gasteiger partial charge in [-0.05, 0) is 49.1 Å². The number of hydrogen-bond donors (Lipinski definition) is 0. The van der Waals surface area contributed by atoms with Crippen LogP contribution in [0.5, 0.6) is 0 Å². The summed E-state index contributed by atoms with van der Waals surface area (Å²) in [4.78, 5) is 7.06. The number of benzene rings is 1. The first kappa shape index (κ1) is 18.3. The monoisotopic (exact) mass is 393 g/mol. The maximum atomic E-state index is 4.86. The first-order valence-corrected chi connectivity index (χ1v) is 10.2. The van der Waals surface area contributed by atoms with Crippen molar-refractivity contribution in [3.05, 3.63) is 47.8 Å². The number of tetrazole rings is 1. The number of fused-ring (bicyclic) bond motifs is 1. The summed E-state index contributed by atoms with van der Waals surface area (Å²) in [5.74, 6) is 0.776. The fraction of sp³-hybridized carbons (Fsp3) is 0.500. The molecule has 0 bridgehead atoms. The van der Waals surface area contributed by atoms with E-state index >= 15 is 0 Å². The number of likely N-dealkylation sites (N-methyl/N-ethyl adjacent to an activating group) is 1. The fourth-order valence-corrected chi connectivity index (χ4v) is 4.30. The van der Waals surface area contributed by atoms with E-state index < -0.39 is 0 Å². The molecule has 1 aromatic carbocycles. The second-order valence-electron chi connectivity index (χ2n) is 8.14. The van der Waals surface area contributed by atoms with Gasteiger partial charge >= 0.3 is 0 Å². The third-order valence-electron chi connectivity index (χ3n) is 5.95. The average Bonchev–Trinajstić information content (AvgIpc) is 3.47. The van der Waals surface area contributed by atoms with E-state index in [0.29, 0.717) is 6.04 Å². The smallest absolute Gasteiger partial charge is 0.250 e. The number of aromatic nitrogens is 6. The van der Waals surface area contributed by atoms with Gasteiger partial charge in [-0.1, -0.05) is 23.3 Å². The van der Waals surface area contributed by atoms with Gasteiger partial charge in [-0.25, -0.2) is 0 Å². The van der Waals surface area contributed by atoms with Crippen LogP contribution in [0.3, 0.4) is 0 Å². The molecule has 29 heavy (non-hydrogen) atoms. The zero-order chi connectivity index (χ0) is 19.8. The minimum atomic E-state index is 0.652. The summed E-state index contributed by atoms with van der Waals surface area (Å²) in [5.41, 5.74) is 3.35. The third-order valence-corrected chi connectivity index (χ3v) is 5.95. The van der Waals surface area contributed by atoms with Crippen LogP contribution in [0, 0.1) is 0 Å². The molecule has 5 rings (SSSR count). The minimum Gasteiger partial charge on any atom is -0.332 e. The lowest BCUT2D eigenvalue weighted by Crippen LogP contribution is -2.35. The zero-order valence-electron chi connectivity index (χ0n) is 17.0. The van der Waals surface area contributed by atoms with Gasteiger partial charge in [0.25, 0.3) is 5.95 Å². The van der Waals surface area contributed by atoms with Crippen molar-refractivity contribution in [1.82, 2.24) is 39.8 Å². The van der Waals surface area contributed by atoms with E-state index in [9.17, 15) is 0 Å². The van der Waals surface area contributed by atoms with Crippen molar-refractivity contribution in [3.63, 3.8) is 0 Å². The number of para-hydroxylation sites is 1. The van der Waals surface area contributed by atoms with Crippen LogP contribution in [-0.4, -0.2) is 79.6 Å². The second-order valence-corrected chi connectivity index (χ2v) is 8.14. The van der Waals surface area contributed by atoms with Gasteiger partial charge in [0.15, 0.2) is 0 Å². The van der Waals surface area contributed by atoms with Crippen molar-refractivity contribution in [2.24, 2.45) is 0 Å². The molecule has 2 aliphatic rings. The Morgan fingerprint density at radius 2 is 1.97 bits per heavy atom. The van der Waals surface area contributed by atoms with Gasteiger partial charge in [0.05, 0.1) is 30.2 Å². The van der Waals surface area contributed by atoms with E-state index in [1.807, 2.05) is 30.3 Å². The highest BCUT2D eigenvalue weighted by Gasteiger charge is 2.26. The lowest BCUT2D eigenvalue weighted by atomic mass is 10.2. The summed E-state index contributed by atoms with van der Waals surface area (Å²) in [5, 5.41) is 17.3. The molecule has 9 nitrogen and oxygen atoms in total. The molecule has 3 aromatic rings. The van der Waals surface area contributed by atoms with Crippen LogP contribution in [0.2, 0.25) is 0 Å². The van der Waals surface area contributed by atoms with Crippen molar-refractivity contribution in [2.75, 3.05) is 38.6 Å². The molecule has 0 amide bonds. The largest absolute Gasteiger partial charge is 0.332 e. The Kier molecular flexibility index (Phi) is 4.76. The highest BCUT2D eigenvalue weighted by Crippen LogP contribution is 2.22. The number of rotatable bonds is 5. The highest BCUT2D eigenvalue weighted by atomic mass is 15.6. The molecule has 0 unspecified atom stereocenters. The number of anilines is 1. The molecular formula is C20H27N9. The summed E-state index contributed by atoms with van der Waals surface area (Å²) < 4.78 is 3.94. The van der Waals surface area contributed by atoms with E-state index in [0.717, 1.165) is 56.6 Å². The summed E-state index contributed by atoms with van der Waals surface area (Å²) >= 11 is 0. The predicted octanol–water partition coefficient (Wildman–Crippen LogP) is 1.01. The Hall–Kier alpha value is -2.78. The van der Waals surface area contributed by atoms with Gasteiger partial charge < -0.3 is 9.80 Å². The minimum absolute atomic E-state index is 0.652. The van der Waals surface area contributed by atoms with E-state index in [1.165, 1.54) is 12.1 Å². The molecular weight excluding hydrogens is 366 g/mol. The van der Waals surface area contributed by atoms with Crippen molar-refractivity contribution in [1.29, 1.82) is 0 Å². The molecule has 1 saturated heterocycles. The van der Waals surface area contributed by atoms with Gasteiger partial charge in [0, 0.05) is 32.2 Å². The number of nitrogens with zero attached hydrogens (tertiary/aromatic N) is 9. The SMILES string of the molecule is CN(C)[C@H]1CCN(Cc2cc3n(n2)CCN(c2nnnn2-c2ccccc2)C3)C1. The van der Waals surface area contributed by atoms with Crippen molar-refractivity contribution < 1.29 is 0 Å². The van der Waals surface area contributed by atoms with Gasteiger partial charge in [-0.2, -0.15) is 9.78 Å². The van der Waals surface area contributed by atoms with Gasteiger partial charge in [-0.15, -0.1) is 0 Å². The number of likely N-dealkylation sites (tertiary alicyclic amines) is 1. The topological polar surface area (TPSA) is 71.1 Å². The van der Waals surface area contributed by atoms with E-state index in [4.69, 9.17) is 5.10 Å². The van der Waals surface area contributed by atoms with Crippen LogP contribution in [0.15, 0.2) is 36.4 Å². The molecule has 0 N–H and O–H groups in total. The Balaban J connectivity index is 1.30. The van der Waals surface area contributed by atoms with Crippen LogP contribution in [0.4, 0.5) is 5.95 Å². The third kappa shape index (κ3) is 3.63. The van der Waals surface area contributed by atoms with Gasteiger partial charge in [0.1, 0.15) is 0 Å².